The Morgan fingerprint density at radius 1 is 1.55 bits per heavy atom. The lowest BCUT2D eigenvalue weighted by Crippen LogP contribution is -2.16. The zero-order chi connectivity index (χ0) is 8.85. The molecule has 0 fully saturated rings. The normalized spacial score (nSPS) is 13.0. The van der Waals surface area contributed by atoms with Gasteiger partial charge in [-0.05, 0) is 18.5 Å². The van der Waals surface area contributed by atoms with Gasteiger partial charge in [0.15, 0.2) is 0 Å². The highest BCUT2D eigenvalue weighted by molar-refractivity contribution is 6.68. The highest BCUT2D eigenvalue weighted by Gasteiger charge is 2.15. The molecule has 0 amide bonds. The van der Waals surface area contributed by atoms with Crippen molar-refractivity contribution in [2.45, 2.75) is 12.5 Å². The summed E-state index contributed by atoms with van der Waals surface area (Å²) < 4.78 is 4.31. The molecule has 0 aliphatic carbocycles. The van der Waals surface area contributed by atoms with Gasteiger partial charge < -0.3 is 4.74 Å². The van der Waals surface area contributed by atoms with E-state index < -0.39 is 16.8 Å². The smallest absolute Gasteiger partial charge is 0.332 e. The molecule has 1 atom stereocenters. The Hall–Kier alpha value is -0.540. The molecule has 62 valence electrons. The molecule has 0 rings (SSSR count). The van der Waals surface area contributed by atoms with Gasteiger partial charge in [-0.25, -0.2) is 4.79 Å². The summed E-state index contributed by atoms with van der Waals surface area (Å²) in [6.07, 6.45) is 2.60. The molecule has 0 aromatic carbocycles. The van der Waals surface area contributed by atoms with Crippen molar-refractivity contribution in [3.8, 4) is 0 Å². The number of hydrogen-bond acceptors (Lipinski definition) is 3. The summed E-state index contributed by atoms with van der Waals surface area (Å²) in [4.78, 5) is 20.8. The second-order valence-electron chi connectivity index (χ2n) is 1.56. The summed E-state index contributed by atoms with van der Waals surface area (Å²) >= 11 is 10.1. The number of alkyl halides is 1. The van der Waals surface area contributed by atoms with Gasteiger partial charge in [0.2, 0.25) is 5.56 Å². The fourth-order valence-corrected chi connectivity index (χ4v) is 0.456. The first kappa shape index (κ1) is 10.5. The summed E-state index contributed by atoms with van der Waals surface area (Å²) in [5.41, 5.74) is -1.40. The van der Waals surface area contributed by atoms with Gasteiger partial charge in [0.1, 0.15) is 0 Å². The average molecular weight is 197 g/mol. The second kappa shape index (κ2) is 5.16. The molecule has 0 aromatic rings. The first-order valence-electron chi connectivity index (χ1n) is 2.74. The molecule has 0 aromatic heterocycles. The van der Waals surface area contributed by atoms with Crippen LogP contribution < -0.4 is 0 Å². The van der Waals surface area contributed by atoms with Crippen LogP contribution in [0.3, 0.4) is 0 Å². The minimum Gasteiger partial charge on any atom is -0.434 e. The average Bonchev–Trinajstić information content (AvgIpc) is 1.87. The van der Waals surface area contributed by atoms with Crippen LogP contribution in [0.5, 0.6) is 0 Å². The standard InChI is InChI=1S/C6H6Cl2O3/c1-2-3-4(9)11-6(8)5(7)10/h2-3,6H,1H3. The van der Waals surface area contributed by atoms with E-state index in [0.29, 0.717) is 0 Å². The number of hydrogen-bond donors (Lipinski definition) is 0. The lowest BCUT2D eigenvalue weighted by molar-refractivity contribution is -0.143. The van der Waals surface area contributed by atoms with Crippen molar-refractivity contribution in [3.05, 3.63) is 12.2 Å². The quantitative estimate of drug-likeness (QED) is 0.297. The Balaban J connectivity index is 3.85. The van der Waals surface area contributed by atoms with Gasteiger partial charge in [-0.15, -0.1) is 0 Å². The highest BCUT2D eigenvalue weighted by Crippen LogP contribution is 2.03. The van der Waals surface area contributed by atoms with Gasteiger partial charge in [-0.3, -0.25) is 4.79 Å². The van der Waals surface area contributed by atoms with Gasteiger partial charge in [0, 0.05) is 6.08 Å². The van der Waals surface area contributed by atoms with Crippen LogP contribution in [0.2, 0.25) is 0 Å². The monoisotopic (exact) mass is 196 g/mol. The summed E-state index contributed by atoms with van der Waals surface area (Å²) in [6, 6.07) is 0. The Morgan fingerprint density at radius 3 is 2.45 bits per heavy atom. The van der Waals surface area contributed by atoms with E-state index in [-0.39, 0.29) is 0 Å². The number of allylic oxidation sites excluding steroid dienone is 1. The van der Waals surface area contributed by atoms with Crippen molar-refractivity contribution in [1.82, 2.24) is 0 Å². The van der Waals surface area contributed by atoms with Crippen molar-refractivity contribution < 1.29 is 14.3 Å². The van der Waals surface area contributed by atoms with E-state index in [1.807, 2.05) is 0 Å². The highest BCUT2D eigenvalue weighted by atomic mass is 35.5. The van der Waals surface area contributed by atoms with Gasteiger partial charge in [-0.1, -0.05) is 17.7 Å². The lowest BCUT2D eigenvalue weighted by Gasteiger charge is -2.02. The number of esters is 1. The largest absolute Gasteiger partial charge is 0.434 e. The van der Waals surface area contributed by atoms with E-state index in [0.717, 1.165) is 6.08 Å². The van der Waals surface area contributed by atoms with Crippen LogP contribution in [-0.4, -0.2) is 16.8 Å². The van der Waals surface area contributed by atoms with E-state index in [4.69, 9.17) is 23.2 Å². The van der Waals surface area contributed by atoms with Crippen LogP contribution in [0, 0.1) is 0 Å². The van der Waals surface area contributed by atoms with Crippen molar-refractivity contribution in [2.75, 3.05) is 0 Å². The fraction of sp³-hybridized carbons (Fsp3) is 0.333. The third-order valence-electron chi connectivity index (χ3n) is 0.701. The van der Waals surface area contributed by atoms with Gasteiger partial charge in [0.25, 0.3) is 5.24 Å². The van der Waals surface area contributed by atoms with Gasteiger partial charge in [0.05, 0.1) is 0 Å². The molecule has 0 aliphatic rings. The van der Waals surface area contributed by atoms with E-state index in [1.165, 1.54) is 6.08 Å². The van der Waals surface area contributed by atoms with E-state index in [2.05, 4.69) is 4.74 Å². The Bertz CT molecular complexity index is 188. The molecule has 0 radical (unpaired) electrons. The molecular formula is C6H6Cl2O3. The van der Waals surface area contributed by atoms with Crippen molar-refractivity contribution in [1.29, 1.82) is 0 Å². The third kappa shape index (κ3) is 4.81. The number of halogens is 2. The van der Waals surface area contributed by atoms with E-state index in [9.17, 15) is 9.59 Å². The number of rotatable bonds is 3. The van der Waals surface area contributed by atoms with Crippen molar-refractivity contribution >= 4 is 34.4 Å². The SMILES string of the molecule is CC=CC(=O)OC(Cl)C(=O)Cl. The van der Waals surface area contributed by atoms with E-state index >= 15 is 0 Å². The minimum absolute atomic E-state index is 0.693. The van der Waals surface area contributed by atoms with Crippen molar-refractivity contribution in [3.63, 3.8) is 0 Å². The molecule has 0 saturated carbocycles. The third-order valence-corrected chi connectivity index (χ3v) is 1.30. The molecule has 0 aliphatic heterocycles. The van der Waals surface area contributed by atoms with Gasteiger partial charge >= 0.3 is 5.97 Å². The predicted octanol–water partition coefficient (Wildman–Crippen LogP) is 1.44. The summed E-state index contributed by atoms with van der Waals surface area (Å²) in [7, 11) is 0. The summed E-state index contributed by atoms with van der Waals surface area (Å²) in [5, 5.41) is -0.912. The number of carbonyl (C=O) groups is 2. The Kier molecular flexibility index (Phi) is 4.90. The Morgan fingerprint density at radius 2 is 2.09 bits per heavy atom. The zero-order valence-electron chi connectivity index (χ0n) is 5.71. The molecule has 1 unspecified atom stereocenters. The molecule has 0 heterocycles. The predicted molar refractivity (Wildman–Crippen MR) is 41.4 cm³/mol. The van der Waals surface area contributed by atoms with Gasteiger partial charge in [-0.2, -0.15) is 0 Å². The van der Waals surface area contributed by atoms with Crippen LogP contribution in [0.1, 0.15) is 6.92 Å². The van der Waals surface area contributed by atoms with Crippen molar-refractivity contribution in [2.24, 2.45) is 0 Å². The van der Waals surface area contributed by atoms with E-state index in [1.54, 1.807) is 6.92 Å². The number of carbonyl (C=O) groups excluding carboxylic acids is 2. The fourth-order valence-electron chi connectivity index (χ4n) is 0.324. The van der Waals surface area contributed by atoms with Crippen LogP contribution >= 0.6 is 23.2 Å². The first-order chi connectivity index (χ1) is 5.07. The lowest BCUT2D eigenvalue weighted by atomic mass is 10.5. The Labute approximate surface area is 73.9 Å². The van der Waals surface area contributed by atoms with Crippen LogP contribution in [-0.2, 0) is 14.3 Å². The summed E-state index contributed by atoms with van der Waals surface area (Å²) in [5.74, 6) is -0.693. The van der Waals surface area contributed by atoms with Crippen LogP contribution in [0.15, 0.2) is 12.2 Å². The molecule has 3 nitrogen and oxygen atoms in total. The molecule has 0 saturated heterocycles. The maximum Gasteiger partial charge on any atom is 0.332 e. The number of ether oxygens (including phenoxy) is 1. The first-order valence-corrected chi connectivity index (χ1v) is 3.56. The maximum absolute atomic E-state index is 10.6. The maximum atomic E-state index is 10.6. The second-order valence-corrected chi connectivity index (χ2v) is 2.33. The minimum atomic E-state index is -1.40. The molecule has 0 bridgehead atoms. The van der Waals surface area contributed by atoms with Crippen LogP contribution in [0.4, 0.5) is 0 Å². The van der Waals surface area contributed by atoms with Crippen LogP contribution in [0.25, 0.3) is 0 Å². The molecule has 11 heavy (non-hydrogen) atoms. The molecule has 0 N–H and O–H groups in total. The molecule has 5 heteroatoms. The molecule has 0 spiro atoms. The topological polar surface area (TPSA) is 43.4 Å². The molecular weight excluding hydrogens is 191 g/mol. The summed E-state index contributed by atoms with van der Waals surface area (Å²) in [6.45, 7) is 1.63. The zero-order valence-corrected chi connectivity index (χ0v) is 7.22.